The van der Waals surface area contributed by atoms with Crippen molar-refractivity contribution < 1.29 is 0 Å². The van der Waals surface area contributed by atoms with Crippen molar-refractivity contribution >= 4 is 0 Å². The normalized spacial score (nSPS) is 23.5. The van der Waals surface area contributed by atoms with Gasteiger partial charge in [0, 0.05) is 23.9 Å². The SMILES string of the molecule is Cc1cnc(CN(C)CC2(c3ccccc3)CC2(C)C)[nH]1. The van der Waals surface area contributed by atoms with E-state index in [1.807, 2.05) is 13.1 Å². The van der Waals surface area contributed by atoms with Gasteiger partial charge in [0.1, 0.15) is 5.82 Å². The van der Waals surface area contributed by atoms with Crippen molar-refractivity contribution in [2.45, 2.75) is 39.2 Å². The first kappa shape index (κ1) is 14.3. The zero-order valence-corrected chi connectivity index (χ0v) is 13.5. The summed E-state index contributed by atoms with van der Waals surface area (Å²) in [4.78, 5) is 10.1. The topological polar surface area (TPSA) is 31.9 Å². The summed E-state index contributed by atoms with van der Waals surface area (Å²) in [5, 5.41) is 0. The molecule has 1 N–H and O–H groups in total. The average Bonchev–Trinajstić information content (AvgIpc) is 2.77. The number of nitrogens with one attached hydrogen (secondary N) is 1. The predicted octanol–water partition coefficient (Wildman–Crippen LogP) is 3.52. The van der Waals surface area contributed by atoms with Gasteiger partial charge in [0.25, 0.3) is 0 Å². The molecule has 1 aliphatic rings. The molecule has 0 bridgehead atoms. The molecule has 0 saturated heterocycles. The molecule has 1 unspecified atom stereocenters. The van der Waals surface area contributed by atoms with Gasteiger partial charge in [-0.15, -0.1) is 0 Å². The number of rotatable bonds is 5. The van der Waals surface area contributed by atoms with Crippen LogP contribution in [0.25, 0.3) is 0 Å². The summed E-state index contributed by atoms with van der Waals surface area (Å²) in [6, 6.07) is 11.0. The van der Waals surface area contributed by atoms with Crippen molar-refractivity contribution in [1.82, 2.24) is 14.9 Å². The van der Waals surface area contributed by atoms with Gasteiger partial charge in [-0.1, -0.05) is 44.2 Å². The van der Waals surface area contributed by atoms with Crippen LogP contribution in [0, 0.1) is 12.3 Å². The second kappa shape index (κ2) is 4.99. The van der Waals surface area contributed by atoms with Crippen molar-refractivity contribution in [1.29, 1.82) is 0 Å². The van der Waals surface area contributed by atoms with Gasteiger partial charge in [0.2, 0.25) is 0 Å². The Morgan fingerprint density at radius 2 is 1.90 bits per heavy atom. The van der Waals surface area contributed by atoms with E-state index in [0.717, 1.165) is 24.6 Å². The highest BCUT2D eigenvalue weighted by Crippen LogP contribution is 2.64. The fourth-order valence-electron chi connectivity index (χ4n) is 3.64. The minimum atomic E-state index is 0.282. The molecule has 0 radical (unpaired) electrons. The van der Waals surface area contributed by atoms with E-state index < -0.39 is 0 Å². The second-order valence-electron chi connectivity index (χ2n) is 7.19. The molecule has 0 amide bonds. The molecular weight excluding hydrogens is 258 g/mol. The molecule has 3 rings (SSSR count). The Morgan fingerprint density at radius 1 is 1.24 bits per heavy atom. The third-order valence-electron chi connectivity index (χ3n) is 4.96. The number of aromatic nitrogens is 2. The number of aryl methyl sites for hydroxylation is 1. The number of likely N-dealkylation sites (N-methyl/N-ethyl adjacent to an activating group) is 1. The number of benzene rings is 1. The van der Waals surface area contributed by atoms with Crippen LogP contribution in [0.2, 0.25) is 0 Å². The highest BCUT2D eigenvalue weighted by molar-refractivity contribution is 5.37. The first-order valence-corrected chi connectivity index (χ1v) is 7.68. The van der Waals surface area contributed by atoms with Gasteiger partial charge in [-0.2, -0.15) is 0 Å². The average molecular weight is 283 g/mol. The summed E-state index contributed by atoms with van der Waals surface area (Å²) in [6.45, 7) is 8.75. The lowest BCUT2D eigenvalue weighted by Gasteiger charge is -2.27. The quantitative estimate of drug-likeness (QED) is 0.910. The van der Waals surface area contributed by atoms with Crippen molar-refractivity contribution in [2.24, 2.45) is 5.41 Å². The molecule has 1 heterocycles. The van der Waals surface area contributed by atoms with Crippen LogP contribution in [-0.2, 0) is 12.0 Å². The van der Waals surface area contributed by atoms with E-state index >= 15 is 0 Å². The smallest absolute Gasteiger partial charge is 0.120 e. The van der Waals surface area contributed by atoms with E-state index in [-0.39, 0.29) is 5.41 Å². The van der Waals surface area contributed by atoms with Crippen LogP contribution in [0.1, 0.15) is 37.4 Å². The number of nitrogens with zero attached hydrogens (tertiary/aromatic N) is 2. The fourth-order valence-corrected chi connectivity index (χ4v) is 3.64. The number of aromatic amines is 1. The zero-order chi connectivity index (χ0) is 15.1. The number of H-pyrrole nitrogens is 1. The molecule has 2 aromatic rings. The first-order chi connectivity index (χ1) is 9.93. The van der Waals surface area contributed by atoms with Gasteiger partial charge < -0.3 is 4.98 Å². The van der Waals surface area contributed by atoms with Gasteiger partial charge >= 0.3 is 0 Å². The number of imidazole rings is 1. The molecule has 1 aliphatic carbocycles. The second-order valence-corrected chi connectivity index (χ2v) is 7.19. The summed E-state index contributed by atoms with van der Waals surface area (Å²) in [5.74, 6) is 1.05. The molecule has 0 spiro atoms. The highest BCUT2D eigenvalue weighted by atomic mass is 15.1. The summed E-state index contributed by atoms with van der Waals surface area (Å²) >= 11 is 0. The van der Waals surface area contributed by atoms with Crippen LogP contribution < -0.4 is 0 Å². The van der Waals surface area contributed by atoms with Crippen LogP contribution in [0.4, 0.5) is 0 Å². The molecule has 1 atom stereocenters. The Kier molecular flexibility index (Phi) is 3.40. The molecule has 0 aliphatic heterocycles. The van der Waals surface area contributed by atoms with E-state index in [1.54, 1.807) is 0 Å². The number of hydrogen-bond acceptors (Lipinski definition) is 2. The molecule has 1 fully saturated rings. The largest absolute Gasteiger partial charge is 0.345 e. The summed E-state index contributed by atoms with van der Waals surface area (Å²) in [6.07, 6.45) is 3.16. The maximum absolute atomic E-state index is 4.42. The van der Waals surface area contributed by atoms with Crippen LogP contribution in [0.5, 0.6) is 0 Å². The minimum Gasteiger partial charge on any atom is -0.345 e. The molecule has 3 heteroatoms. The Morgan fingerprint density at radius 3 is 2.43 bits per heavy atom. The third-order valence-corrected chi connectivity index (χ3v) is 4.96. The lowest BCUT2D eigenvalue weighted by molar-refractivity contribution is 0.266. The lowest BCUT2D eigenvalue weighted by atomic mass is 9.87. The van der Waals surface area contributed by atoms with E-state index in [0.29, 0.717) is 5.41 Å². The summed E-state index contributed by atoms with van der Waals surface area (Å²) < 4.78 is 0. The first-order valence-electron chi connectivity index (χ1n) is 7.68. The van der Waals surface area contributed by atoms with Crippen molar-refractivity contribution in [2.75, 3.05) is 13.6 Å². The van der Waals surface area contributed by atoms with E-state index in [1.165, 1.54) is 12.0 Å². The van der Waals surface area contributed by atoms with Gasteiger partial charge in [0.05, 0.1) is 6.54 Å². The van der Waals surface area contributed by atoms with Gasteiger partial charge in [0.15, 0.2) is 0 Å². The zero-order valence-electron chi connectivity index (χ0n) is 13.5. The molecule has 21 heavy (non-hydrogen) atoms. The minimum absolute atomic E-state index is 0.282. The molecule has 3 nitrogen and oxygen atoms in total. The fraction of sp³-hybridized carbons (Fsp3) is 0.500. The maximum atomic E-state index is 4.42. The van der Waals surface area contributed by atoms with E-state index in [9.17, 15) is 0 Å². The van der Waals surface area contributed by atoms with Crippen LogP contribution in [0.15, 0.2) is 36.5 Å². The van der Waals surface area contributed by atoms with Crippen molar-refractivity contribution in [3.63, 3.8) is 0 Å². The molecule has 1 saturated carbocycles. The Balaban J connectivity index is 1.75. The predicted molar refractivity (Wildman–Crippen MR) is 86.2 cm³/mol. The van der Waals surface area contributed by atoms with E-state index in [2.05, 4.69) is 66.1 Å². The number of hydrogen-bond donors (Lipinski definition) is 1. The lowest BCUT2D eigenvalue weighted by Crippen LogP contribution is -2.32. The van der Waals surface area contributed by atoms with Crippen molar-refractivity contribution in [3.05, 3.63) is 53.6 Å². The molecular formula is C18H25N3. The molecule has 1 aromatic heterocycles. The highest BCUT2D eigenvalue weighted by Gasteiger charge is 2.61. The van der Waals surface area contributed by atoms with Crippen molar-refractivity contribution in [3.8, 4) is 0 Å². The monoisotopic (exact) mass is 283 g/mol. The summed E-state index contributed by atoms with van der Waals surface area (Å²) in [7, 11) is 2.19. The van der Waals surface area contributed by atoms with Gasteiger partial charge in [-0.05, 0) is 31.4 Å². The van der Waals surface area contributed by atoms with E-state index in [4.69, 9.17) is 0 Å². The van der Waals surface area contributed by atoms with Crippen LogP contribution in [0.3, 0.4) is 0 Å². The maximum Gasteiger partial charge on any atom is 0.120 e. The molecule has 112 valence electrons. The Hall–Kier alpha value is -1.61. The standard InChI is InChI=1S/C18H25N3/c1-14-10-19-16(20-14)11-21(4)13-18(12-17(18,2)3)15-8-6-5-7-9-15/h5-10H,11-13H2,1-4H3,(H,19,20). The molecule has 1 aromatic carbocycles. The third kappa shape index (κ3) is 2.62. The van der Waals surface area contributed by atoms with Crippen LogP contribution >= 0.6 is 0 Å². The Labute approximate surface area is 127 Å². The van der Waals surface area contributed by atoms with Crippen LogP contribution in [-0.4, -0.2) is 28.5 Å². The summed E-state index contributed by atoms with van der Waals surface area (Å²) in [5.41, 5.74) is 3.26. The van der Waals surface area contributed by atoms with Gasteiger partial charge in [-0.25, -0.2) is 4.98 Å². The Bertz CT molecular complexity index is 614. The van der Waals surface area contributed by atoms with Gasteiger partial charge in [-0.3, -0.25) is 4.90 Å².